The molecule has 0 unspecified atom stereocenters. The van der Waals surface area contributed by atoms with Crippen LogP contribution in [-0.2, 0) is 0 Å². The Kier molecular flexibility index (Phi) is 11.8. The van der Waals surface area contributed by atoms with Crippen molar-refractivity contribution in [1.82, 2.24) is 0 Å². The third-order valence-corrected chi connectivity index (χ3v) is 0. The van der Waals surface area contributed by atoms with Gasteiger partial charge >= 0.3 is 0 Å². The summed E-state index contributed by atoms with van der Waals surface area (Å²) in [7, 11) is 0. The van der Waals surface area contributed by atoms with Crippen molar-refractivity contribution in [3.8, 4) is 0 Å². The molecule has 0 bridgehead atoms. The molecule has 0 spiro atoms. The average Bonchev–Trinajstić information content (AvgIpc) is 1.33. The van der Waals surface area contributed by atoms with Gasteiger partial charge in [-0.3, -0.25) is 0 Å². The summed E-state index contributed by atoms with van der Waals surface area (Å²) in [6, 6.07) is 0. The van der Waals surface area contributed by atoms with Crippen molar-refractivity contribution in [2.75, 3.05) is 0 Å². The summed E-state index contributed by atoms with van der Waals surface area (Å²) < 4.78 is 0. The van der Waals surface area contributed by atoms with E-state index in [9.17, 15) is 0 Å². The fourth-order valence-electron chi connectivity index (χ4n) is 0. The van der Waals surface area contributed by atoms with E-state index in [2.05, 4.69) is 6.58 Å². The maximum absolute atomic E-state index is 8.36. The van der Waals surface area contributed by atoms with Gasteiger partial charge in [-0.25, -0.2) is 0 Å². The predicted molar refractivity (Wildman–Crippen MR) is 24.7 cm³/mol. The zero-order valence-electron chi connectivity index (χ0n) is 4.00. The Hall–Kier alpha value is -1.06. The second-order valence-electron chi connectivity index (χ2n) is 0.646. The summed E-state index contributed by atoms with van der Waals surface area (Å²) in [6.45, 7) is 5.25. The first-order valence-corrected chi connectivity index (χ1v) is 1.55. The lowest BCUT2D eigenvalue weighted by Gasteiger charge is -1.56. The van der Waals surface area contributed by atoms with Gasteiger partial charge < -0.3 is 5.21 Å². The van der Waals surface area contributed by atoms with Gasteiger partial charge in [0, 0.05) is 0 Å². The van der Waals surface area contributed by atoms with Crippen molar-refractivity contribution in [3.05, 3.63) is 22.8 Å². The van der Waals surface area contributed by atoms with E-state index in [4.69, 9.17) is 15.3 Å². The van der Waals surface area contributed by atoms with Crippen molar-refractivity contribution in [3.63, 3.8) is 0 Å². The highest BCUT2D eigenvalue weighted by atomic mass is 16.9. The first kappa shape index (κ1) is 9.34. The van der Waals surface area contributed by atoms with E-state index in [1.54, 1.807) is 6.08 Å². The lowest BCUT2D eigenvalue weighted by Crippen LogP contribution is -1.81. The lowest BCUT2D eigenvalue weighted by molar-refractivity contribution is -0.742. The number of hydrogen-bond acceptors (Lipinski definition) is 2. The highest BCUT2D eigenvalue weighted by molar-refractivity contribution is 4.51. The molecule has 0 amide bonds. The molecule has 1 N–H and O–H groups in total. The minimum atomic E-state index is -1.50. The zero-order valence-corrected chi connectivity index (χ0v) is 4.00. The summed E-state index contributed by atoms with van der Waals surface area (Å²) in [4.78, 5) is 8.36. The van der Waals surface area contributed by atoms with Gasteiger partial charge in [0.2, 0.25) is 0 Å². The van der Waals surface area contributed by atoms with Crippen LogP contribution in [0.3, 0.4) is 0 Å². The number of nitrogens with zero attached hydrogens (tertiary/aromatic N) is 1. The fraction of sp³-hybridized carbons (Fsp3) is 0.333. The molecular weight excluding hydrogens is 98.0 g/mol. The highest BCUT2D eigenvalue weighted by Crippen LogP contribution is 1.38. The van der Waals surface area contributed by atoms with Gasteiger partial charge in [-0.1, -0.05) is 6.08 Å². The molecule has 0 heterocycles. The Bertz CT molecular complexity index is 57.2. The van der Waals surface area contributed by atoms with Gasteiger partial charge in [0.25, 0.3) is 5.09 Å². The van der Waals surface area contributed by atoms with Gasteiger partial charge in [-0.05, 0) is 6.92 Å². The topological polar surface area (TPSA) is 63.4 Å². The predicted octanol–water partition coefficient (Wildman–Crippen LogP) is 0.845. The normalized spacial score (nSPS) is 5.29. The highest BCUT2D eigenvalue weighted by Gasteiger charge is 1.65. The van der Waals surface area contributed by atoms with Gasteiger partial charge in [-0.15, -0.1) is 16.7 Å². The van der Waals surface area contributed by atoms with Crippen LogP contribution in [0.15, 0.2) is 12.7 Å². The molecule has 0 aliphatic rings. The molecule has 4 nitrogen and oxygen atoms in total. The monoisotopic (exact) mass is 105 g/mol. The molecule has 0 radical (unpaired) electrons. The SMILES string of the molecule is C=CC.O=[N+]([O-])O. The van der Waals surface area contributed by atoms with Crippen LogP contribution in [0.2, 0.25) is 0 Å². The van der Waals surface area contributed by atoms with Crippen molar-refractivity contribution >= 4 is 0 Å². The molecule has 0 aromatic carbocycles. The van der Waals surface area contributed by atoms with Crippen molar-refractivity contribution in [2.45, 2.75) is 6.92 Å². The molecule has 0 aromatic rings. The maximum atomic E-state index is 8.36. The maximum Gasteiger partial charge on any atom is 0.291 e. The summed E-state index contributed by atoms with van der Waals surface area (Å²) >= 11 is 0. The minimum Gasteiger partial charge on any atom is -0.328 e. The van der Waals surface area contributed by atoms with E-state index in [0.29, 0.717) is 0 Å². The molecule has 42 valence electrons. The van der Waals surface area contributed by atoms with Crippen LogP contribution in [0.25, 0.3) is 0 Å². The molecule has 0 aliphatic heterocycles. The van der Waals surface area contributed by atoms with Crippen LogP contribution in [0.1, 0.15) is 6.92 Å². The summed E-state index contributed by atoms with van der Waals surface area (Å²) in [5.41, 5.74) is 0. The van der Waals surface area contributed by atoms with Crippen LogP contribution in [0.4, 0.5) is 0 Å². The van der Waals surface area contributed by atoms with Crippen LogP contribution < -0.4 is 0 Å². The largest absolute Gasteiger partial charge is 0.328 e. The number of allylic oxidation sites excluding steroid dienone is 1. The molecule has 0 rings (SSSR count). The Morgan fingerprint density at radius 2 is 2.00 bits per heavy atom. The summed E-state index contributed by atoms with van der Waals surface area (Å²) in [5.74, 6) is 0. The molecule has 0 atom stereocenters. The zero-order chi connectivity index (χ0) is 6.28. The van der Waals surface area contributed by atoms with Gasteiger partial charge in [0.1, 0.15) is 0 Å². The smallest absolute Gasteiger partial charge is 0.291 e. The van der Waals surface area contributed by atoms with Crippen LogP contribution >= 0.6 is 0 Å². The van der Waals surface area contributed by atoms with E-state index in [0.717, 1.165) is 0 Å². The molecule has 0 saturated heterocycles. The molecule has 0 aromatic heterocycles. The number of rotatable bonds is 0. The van der Waals surface area contributed by atoms with E-state index in [1.165, 1.54) is 0 Å². The van der Waals surface area contributed by atoms with E-state index < -0.39 is 5.09 Å². The third-order valence-electron chi connectivity index (χ3n) is 0. The van der Waals surface area contributed by atoms with Gasteiger partial charge in [0.15, 0.2) is 0 Å². The van der Waals surface area contributed by atoms with Crippen molar-refractivity contribution < 1.29 is 10.3 Å². The van der Waals surface area contributed by atoms with Crippen molar-refractivity contribution in [2.24, 2.45) is 0 Å². The third kappa shape index (κ3) is 38.0. The molecule has 0 saturated carbocycles. The Labute approximate surface area is 41.2 Å². The lowest BCUT2D eigenvalue weighted by atomic mass is 10.8. The second-order valence-corrected chi connectivity index (χ2v) is 0.646. The van der Waals surface area contributed by atoms with E-state index in [-0.39, 0.29) is 0 Å². The first-order chi connectivity index (χ1) is 3.15. The Balaban J connectivity index is 0. The van der Waals surface area contributed by atoms with Crippen LogP contribution in [-0.4, -0.2) is 10.3 Å². The van der Waals surface area contributed by atoms with Gasteiger partial charge in [0.05, 0.1) is 0 Å². The minimum absolute atomic E-state index is 1.50. The van der Waals surface area contributed by atoms with E-state index >= 15 is 0 Å². The van der Waals surface area contributed by atoms with Crippen LogP contribution in [0, 0.1) is 10.1 Å². The summed E-state index contributed by atoms with van der Waals surface area (Å²) in [5, 5.41) is 13.6. The molecule has 4 heteroatoms. The second kappa shape index (κ2) is 8.87. The average molecular weight is 105 g/mol. The standard InChI is InChI=1S/C3H6.HNO3/c1-3-2;2-1(3)4/h3H,1H2,2H3;(H,2,3,4). The Morgan fingerprint density at radius 1 is 2.00 bits per heavy atom. The molecule has 0 aliphatic carbocycles. The van der Waals surface area contributed by atoms with E-state index in [1.807, 2.05) is 6.92 Å². The van der Waals surface area contributed by atoms with Crippen LogP contribution in [0.5, 0.6) is 0 Å². The molecule has 0 fully saturated rings. The molecule has 7 heavy (non-hydrogen) atoms. The fourth-order valence-corrected chi connectivity index (χ4v) is 0. The van der Waals surface area contributed by atoms with Crippen molar-refractivity contribution in [1.29, 1.82) is 0 Å². The Morgan fingerprint density at radius 3 is 2.00 bits per heavy atom. The molecular formula is C3H7NO3. The van der Waals surface area contributed by atoms with Gasteiger partial charge in [-0.2, -0.15) is 0 Å². The quantitative estimate of drug-likeness (QED) is 0.282. The first-order valence-electron chi connectivity index (χ1n) is 1.55. The number of hydrogen-bond donors (Lipinski definition) is 1. The summed E-state index contributed by atoms with van der Waals surface area (Å²) in [6.07, 6.45) is 1.75.